The maximum atomic E-state index is 2.26. The molecule has 0 amide bonds. The van der Waals surface area contributed by atoms with Crippen molar-refractivity contribution in [3.63, 3.8) is 0 Å². The molecule has 2 aromatic rings. The molecule has 2 heteroatoms. The van der Waals surface area contributed by atoms with Crippen molar-refractivity contribution < 1.29 is 0 Å². The fraction of sp³-hybridized carbons (Fsp3) is 0.286. The van der Waals surface area contributed by atoms with E-state index in [1.54, 1.807) is 0 Å². The first-order valence-corrected chi connectivity index (χ1v) is 5.59. The fourth-order valence-corrected chi connectivity index (χ4v) is 2.06. The summed E-state index contributed by atoms with van der Waals surface area (Å²) in [6.45, 7) is 2.98. The standard InChI is InChI=1S/C14H18N2/c1-4-9-15(2)11-13-10-12-7-5-6-8-14(12)16(13)3/h4-10H,11H2,1-3H3/b9-4-. The minimum absolute atomic E-state index is 0.940. The number of allylic oxidation sites excluding steroid dienone is 1. The summed E-state index contributed by atoms with van der Waals surface area (Å²) in [6, 6.07) is 10.8. The number of benzene rings is 1. The summed E-state index contributed by atoms with van der Waals surface area (Å²) < 4.78 is 2.26. The first-order valence-electron chi connectivity index (χ1n) is 5.59. The van der Waals surface area contributed by atoms with Crippen LogP contribution in [0, 0.1) is 0 Å². The Morgan fingerprint density at radius 2 is 2.06 bits per heavy atom. The van der Waals surface area contributed by atoms with Crippen LogP contribution in [0.3, 0.4) is 0 Å². The first kappa shape index (κ1) is 10.8. The molecule has 1 aromatic heterocycles. The highest BCUT2D eigenvalue weighted by molar-refractivity contribution is 5.81. The zero-order valence-electron chi connectivity index (χ0n) is 10.1. The van der Waals surface area contributed by atoms with Gasteiger partial charge in [0, 0.05) is 25.3 Å². The Morgan fingerprint density at radius 1 is 1.31 bits per heavy atom. The molecular formula is C14H18N2. The predicted octanol–water partition coefficient (Wildman–Crippen LogP) is 3.14. The van der Waals surface area contributed by atoms with Crippen LogP contribution in [0.15, 0.2) is 42.6 Å². The highest BCUT2D eigenvalue weighted by atomic mass is 15.1. The van der Waals surface area contributed by atoms with E-state index in [0.29, 0.717) is 0 Å². The van der Waals surface area contributed by atoms with Crippen molar-refractivity contribution in [3.8, 4) is 0 Å². The van der Waals surface area contributed by atoms with Gasteiger partial charge in [-0.2, -0.15) is 0 Å². The summed E-state index contributed by atoms with van der Waals surface area (Å²) in [7, 11) is 4.22. The molecule has 0 spiro atoms. The van der Waals surface area contributed by atoms with Crippen molar-refractivity contribution in [1.82, 2.24) is 9.47 Å². The van der Waals surface area contributed by atoms with E-state index in [-0.39, 0.29) is 0 Å². The van der Waals surface area contributed by atoms with Crippen LogP contribution in [0.5, 0.6) is 0 Å². The Morgan fingerprint density at radius 3 is 2.75 bits per heavy atom. The van der Waals surface area contributed by atoms with E-state index >= 15 is 0 Å². The summed E-state index contributed by atoms with van der Waals surface area (Å²) in [4.78, 5) is 2.19. The number of aromatic nitrogens is 1. The van der Waals surface area contributed by atoms with Gasteiger partial charge in [-0.05, 0) is 30.6 Å². The highest BCUT2D eigenvalue weighted by Gasteiger charge is 2.05. The monoisotopic (exact) mass is 214 g/mol. The predicted molar refractivity (Wildman–Crippen MR) is 69.2 cm³/mol. The third-order valence-corrected chi connectivity index (χ3v) is 2.87. The maximum Gasteiger partial charge on any atom is 0.0573 e. The molecule has 0 aliphatic heterocycles. The average molecular weight is 214 g/mol. The first-order chi connectivity index (χ1) is 7.72. The molecule has 0 saturated carbocycles. The number of rotatable bonds is 3. The van der Waals surface area contributed by atoms with Crippen molar-refractivity contribution in [2.24, 2.45) is 7.05 Å². The molecule has 1 aromatic carbocycles. The molecule has 0 atom stereocenters. The van der Waals surface area contributed by atoms with Gasteiger partial charge in [0.25, 0.3) is 0 Å². The van der Waals surface area contributed by atoms with Crippen LogP contribution in [-0.4, -0.2) is 16.5 Å². The number of nitrogens with zero attached hydrogens (tertiary/aromatic N) is 2. The van der Waals surface area contributed by atoms with Gasteiger partial charge in [-0.25, -0.2) is 0 Å². The molecule has 2 rings (SSSR count). The molecule has 0 fully saturated rings. The van der Waals surface area contributed by atoms with Gasteiger partial charge in [0.15, 0.2) is 0 Å². The molecule has 1 heterocycles. The molecule has 0 aliphatic rings. The Balaban J connectivity index is 2.34. The summed E-state index contributed by atoms with van der Waals surface area (Å²) in [5.74, 6) is 0. The van der Waals surface area contributed by atoms with E-state index in [1.807, 2.05) is 6.92 Å². The van der Waals surface area contributed by atoms with E-state index in [0.717, 1.165) is 6.54 Å². The van der Waals surface area contributed by atoms with Gasteiger partial charge in [0.2, 0.25) is 0 Å². The number of aryl methyl sites for hydroxylation is 1. The molecule has 16 heavy (non-hydrogen) atoms. The van der Waals surface area contributed by atoms with Crippen molar-refractivity contribution in [1.29, 1.82) is 0 Å². The molecule has 0 radical (unpaired) electrons. The van der Waals surface area contributed by atoms with E-state index in [1.165, 1.54) is 16.6 Å². The number of fused-ring (bicyclic) bond motifs is 1. The van der Waals surface area contributed by atoms with Gasteiger partial charge < -0.3 is 9.47 Å². The molecule has 0 saturated heterocycles. The van der Waals surface area contributed by atoms with Crippen LogP contribution >= 0.6 is 0 Å². The molecule has 2 nitrogen and oxygen atoms in total. The fourth-order valence-electron chi connectivity index (χ4n) is 2.06. The average Bonchev–Trinajstić information content (AvgIpc) is 2.57. The lowest BCUT2D eigenvalue weighted by Crippen LogP contribution is -2.12. The topological polar surface area (TPSA) is 8.17 Å². The molecular weight excluding hydrogens is 196 g/mol. The van der Waals surface area contributed by atoms with Crippen LogP contribution in [0.2, 0.25) is 0 Å². The molecule has 0 aliphatic carbocycles. The van der Waals surface area contributed by atoms with Crippen molar-refractivity contribution in [3.05, 3.63) is 48.3 Å². The summed E-state index contributed by atoms with van der Waals surface area (Å²) >= 11 is 0. The quantitative estimate of drug-likeness (QED) is 0.762. The number of hydrogen-bond donors (Lipinski definition) is 0. The van der Waals surface area contributed by atoms with Gasteiger partial charge in [-0.15, -0.1) is 0 Å². The van der Waals surface area contributed by atoms with Gasteiger partial charge >= 0.3 is 0 Å². The van der Waals surface area contributed by atoms with Crippen LogP contribution in [0.1, 0.15) is 12.6 Å². The van der Waals surface area contributed by atoms with Crippen LogP contribution in [-0.2, 0) is 13.6 Å². The minimum Gasteiger partial charge on any atom is -0.375 e. The Bertz CT molecular complexity index is 508. The second kappa shape index (κ2) is 4.44. The van der Waals surface area contributed by atoms with Gasteiger partial charge in [-0.3, -0.25) is 0 Å². The zero-order valence-corrected chi connectivity index (χ0v) is 10.1. The third kappa shape index (κ3) is 1.96. The van der Waals surface area contributed by atoms with E-state index in [9.17, 15) is 0 Å². The zero-order chi connectivity index (χ0) is 11.5. The lowest BCUT2D eigenvalue weighted by atomic mass is 10.2. The van der Waals surface area contributed by atoms with Crippen LogP contribution in [0.4, 0.5) is 0 Å². The second-order valence-electron chi connectivity index (χ2n) is 4.15. The molecule has 0 unspecified atom stereocenters. The van der Waals surface area contributed by atoms with Gasteiger partial charge in [0.1, 0.15) is 0 Å². The molecule has 0 bridgehead atoms. The van der Waals surface area contributed by atoms with Crippen LogP contribution in [0.25, 0.3) is 10.9 Å². The van der Waals surface area contributed by atoms with E-state index in [2.05, 4.69) is 66.2 Å². The Kier molecular flexibility index (Phi) is 3.00. The van der Waals surface area contributed by atoms with Crippen LogP contribution < -0.4 is 0 Å². The van der Waals surface area contributed by atoms with Gasteiger partial charge in [0.05, 0.1) is 6.54 Å². The normalized spacial score (nSPS) is 11.4. The maximum absolute atomic E-state index is 2.26. The Labute approximate surface area is 96.8 Å². The summed E-state index contributed by atoms with van der Waals surface area (Å²) in [6.07, 6.45) is 4.15. The lowest BCUT2D eigenvalue weighted by molar-refractivity contribution is 0.437. The Hall–Kier alpha value is -1.70. The number of hydrogen-bond acceptors (Lipinski definition) is 1. The lowest BCUT2D eigenvalue weighted by Gasteiger charge is -2.14. The van der Waals surface area contributed by atoms with Crippen molar-refractivity contribution in [2.45, 2.75) is 13.5 Å². The molecule has 0 N–H and O–H groups in total. The largest absolute Gasteiger partial charge is 0.375 e. The highest BCUT2D eigenvalue weighted by Crippen LogP contribution is 2.19. The van der Waals surface area contributed by atoms with Crippen molar-refractivity contribution in [2.75, 3.05) is 7.05 Å². The van der Waals surface area contributed by atoms with E-state index < -0.39 is 0 Å². The number of para-hydroxylation sites is 1. The molecule has 84 valence electrons. The second-order valence-corrected chi connectivity index (χ2v) is 4.15. The van der Waals surface area contributed by atoms with E-state index in [4.69, 9.17) is 0 Å². The smallest absolute Gasteiger partial charge is 0.0573 e. The van der Waals surface area contributed by atoms with Crippen molar-refractivity contribution >= 4 is 10.9 Å². The SMILES string of the molecule is C/C=C\N(C)Cc1cc2ccccc2n1C. The summed E-state index contributed by atoms with van der Waals surface area (Å²) in [5.41, 5.74) is 2.63. The summed E-state index contributed by atoms with van der Waals surface area (Å²) in [5, 5.41) is 1.31. The van der Waals surface area contributed by atoms with Gasteiger partial charge in [-0.1, -0.05) is 24.3 Å². The minimum atomic E-state index is 0.940. The third-order valence-electron chi connectivity index (χ3n) is 2.87.